The van der Waals surface area contributed by atoms with E-state index in [1.807, 2.05) is 12.1 Å². The van der Waals surface area contributed by atoms with Crippen LogP contribution in [0, 0.1) is 18.3 Å². The van der Waals surface area contributed by atoms with Gasteiger partial charge in [0.05, 0.1) is 5.69 Å². The molecule has 3 rings (SSSR count). The zero-order valence-corrected chi connectivity index (χ0v) is 12.4. The van der Waals surface area contributed by atoms with Crippen molar-refractivity contribution in [3.8, 4) is 12.0 Å². The fourth-order valence-corrected chi connectivity index (χ4v) is 2.23. The summed E-state index contributed by atoms with van der Waals surface area (Å²) in [6.07, 6.45) is 5.10. The van der Waals surface area contributed by atoms with Gasteiger partial charge in [0.25, 0.3) is 0 Å². The van der Waals surface area contributed by atoms with Gasteiger partial charge in [-0.05, 0) is 31.2 Å². The van der Waals surface area contributed by atoms with Crippen LogP contribution >= 0.6 is 0 Å². The lowest BCUT2D eigenvalue weighted by Crippen LogP contribution is -2.08. The molecule has 3 heterocycles. The number of nitrogens with zero attached hydrogens (tertiary/aromatic N) is 3. The first kappa shape index (κ1) is 14.6. The second kappa shape index (κ2) is 6.20. The molecular weight excluding hydrogens is 294 g/mol. The Labute approximate surface area is 132 Å². The lowest BCUT2D eigenvalue weighted by atomic mass is 10.1. The van der Waals surface area contributed by atoms with Gasteiger partial charge in [-0.25, -0.2) is 4.79 Å². The molecule has 3 aromatic heterocycles. The van der Waals surface area contributed by atoms with Crippen molar-refractivity contribution >= 4 is 5.97 Å². The molecule has 0 aliphatic heterocycles. The highest BCUT2D eigenvalue weighted by atomic mass is 16.5. The molecule has 0 aromatic carbocycles. The molecule has 3 aromatic rings. The quantitative estimate of drug-likeness (QED) is 0.692. The molecule has 0 aliphatic rings. The lowest BCUT2D eigenvalue weighted by Gasteiger charge is -2.03. The number of hydrogen-bond acceptors (Lipinski definition) is 5. The fourth-order valence-electron chi connectivity index (χ4n) is 2.23. The SMILES string of the molecule is Cc1oc(-n2cccc2)c(C#N)c1C(=O)OCc1ccccn1. The summed E-state index contributed by atoms with van der Waals surface area (Å²) < 4.78 is 12.5. The van der Waals surface area contributed by atoms with E-state index in [0.717, 1.165) is 0 Å². The summed E-state index contributed by atoms with van der Waals surface area (Å²) in [7, 11) is 0. The molecular formula is C17H13N3O3. The van der Waals surface area contributed by atoms with Crippen LogP contribution in [-0.4, -0.2) is 15.5 Å². The minimum atomic E-state index is -0.605. The Bertz CT molecular complexity index is 859. The highest BCUT2D eigenvalue weighted by molar-refractivity contribution is 5.94. The summed E-state index contributed by atoms with van der Waals surface area (Å²) in [5.74, 6) is 0.0444. The lowest BCUT2D eigenvalue weighted by molar-refractivity contribution is 0.0465. The summed E-state index contributed by atoms with van der Waals surface area (Å²) in [6, 6.07) is 11.0. The molecule has 0 saturated heterocycles. The first-order chi connectivity index (χ1) is 11.2. The summed E-state index contributed by atoms with van der Waals surface area (Å²) >= 11 is 0. The largest absolute Gasteiger partial charge is 0.455 e. The number of aryl methyl sites for hydroxylation is 1. The standard InChI is InChI=1S/C17H13N3O3/c1-12-15(17(21)22-11-13-6-2-3-7-19-13)14(10-18)16(23-12)20-8-4-5-9-20/h2-9H,11H2,1H3. The Kier molecular flexibility index (Phi) is 3.93. The molecule has 6 heteroatoms. The molecule has 0 saturated carbocycles. The minimum absolute atomic E-state index is 0.0357. The number of carbonyl (C=O) groups is 1. The van der Waals surface area contributed by atoms with Crippen molar-refractivity contribution in [3.63, 3.8) is 0 Å². The highest BCUT2D eigenvalue weighted by Crippen LogP contribution is 2.26. The highest BCUT2D eigenvalue weighted by Gasteiger charge is 2.25. The summed E-state index contributed by atoms with van der Waals surface area (Å²) in [5.41, 5.74) is 0.933. The Balaban J connectivity index is 1.88. The molecule has 6 nitrogen and oxygen atoms in total. The van der Waals surface area contributed by atoms with Crippen molar-refractivity contribution in [1.29, 1.82) is 5.26 Å². The van der Waals surface area contributed by atoms with Crippen molar-refractivity contribution in [2.75, 3.05) is 0 Å². The number of aromatic nitrogens is 2. The third kappa shape index (κ3) is 2.85. The van der Waals surface area contributed by atoms with E-state index in [1.54, 1.807) is 54.3 Å². The van der Waals surface area contributed by atoms with Gasteiger partial charge in [-0.15, -0.1) is 0 Å². The predicted octanol–water partition coefficient (Wildman–Crippen LogP) is 3.00. The third-order valence-corrected chi connectivity index (χ3v) is 3.30. The van der Waals surface area contributed by atoms with Gasteiger partial charge >= 0.3 is 5.97 Å². The maximum Gasteiger partial charge on any atom is 0.343 e. The van der Waals surface area contributed by atoms with E-state index in [9.17, 15) is 10.1 Å². The zero-order chi connectivity index (χ0) is 16.2. The monoisotopic (exact) mass is 307 g/mol. The van der Waals surface area contributed by atoms with Gasteiger partial charge in [0.2, 0.25) is 5.88 Å². The molecule has 23 heavy (non-hydrogen) atoms. The fraction of sp³-hybridized carbons (Fsp3) is 0.118. The number of nitriles is 1. The van der Waals surface area contributed by atoms with Crippen molar-refractivity contribution in [1.82, 2.24) is 9.55 Å². The first-order valence-electron chi connectivity index (χ1n) is 6.94. The average molecular weight is 307 g/mol. The van der Waals surface area contributed by atoms with E-state index in [4.69, 9.17) is 9.15 Å². The molecule has 0 atom stereocenters. The van der Waals surface area contributed by atoms with Crippen LogP contribution in [0.5, 0.6) is 0 Å². The molecule has 114 valence electrons. The van der Waals surface area contributed by atoms with Gasteiger partial charge in [-0.3, -0.25) is 9.55 Å². The van der Waals surface area contributed by atoms with Crippen LogP contribution in [0.15, 0.2) is 53.3 Å². The summed E-state index contributed by atoms with van der Waals surface area (Å²) in [4.78, 5) is 16.4. The third-order valence-electron chi connectivity index (χ3n) is 3.30. The smallest absolute Gasteiger partial charge is 0.343 e. The van der Waals surface area contributed by atoms with E-state index in [1.165, 1.54) is 0 Å². The number of pyridine rings is 1. The van der Waals surface area contributed by atoms with Crippen LogP contribution in [0.3, 0.4) is 0 Å². The molecule has 0 fully saturated rings. The molecule has 0 radical (unpaired) electrons. The van der Waals surface area contributed by atoms with Crippen molar-refractivity contribution in [2.45, 2.75) is 13.5 Å². The second-order valence-electron chi connectivity index (χ2n) is 4.81. The Morgan fingerprint density at radius 1 is 1.35 bits per heavy atom. The maximum absolute atomic E-state index is 12.3. The summed E-state index contributed by atoms with van der Waals surface area (Å²) in [6.45, 7) is 1.67. The van der Waals surface area contributed by atoms with Gasteiger partial charge in [0, 0.05) is 18.6 Å². The van der Waals surface area contributed by atoms with E-state index < -0.39 is 5.97 Å². The number of rotatable bonds is 4. The topological polar surface area (TPSA) is 81.0 Å². The van der Waals surface area contributed by atoms with Crippen LogP contribution in [0.4, 0.5) is 0 Å². The Hall–Kier alpha value is -3.33. The van der Waals surface area contributed by atoms with Gasteiger partial charge in [0.15, 0.2) is 0 Å². The molecule has 0 amide bonds. The molecule has 0 bridgehead atoms. The molecule has 0 N–H and O–H groups in total. The number of carbonyl (C=O) groups excluding carboxylic acids is 1. The Morgan fingerprint density at radius 3 is 2.78 bits per heavy atom. The van der Waals surface area contributed by atoms with Gasteiger partial charge in [-0.1, -0.05) is 6.07 Å². The van der Waals surface area contributed by atoms with Gasteiger partial charge in [-0.2, -0.15) is 5.26 Å². The zero-order valence-electron chi connectivity index (χ0n) is 12.4. The molecule has 0 aliphatic carbocycles. The van der Waals surface area contributed by atoms with E-state index in [-0.39, 0.29) is 17.7 Å². The number of esters is 1. The minimum Gasteiger partial charge on any atom is -0.455 e. The predicted molar refractivity (Wildman–Crippen MR) is 80.8 cm³/mol. The van der Waals surface area contributed by atoms with E-state index >= 15 is 0 Å². The number of hydrogen-bond donors (Lipinski definition) is 0. The van der Waals surface area contributed by atoms with Crippen molar-refractivity contribution < 1.29 is 13.9 Å². The van der Waals surface area contributed by atoms with Crippen molar-refractivity contribution in [3.05, 3.63) is 71.5 Å². The van der Waals surface area contributed by atoms with Crippen LogP contribution in [-0.2, 0) is 11.3 Å². The first-order valence-corrected chi connectivity index (χ1v) is 6.94. The van der Waals surface area contributed by atoms with Crippen LogP contribution in [0.2, 0.25) is 0 Å². The molecule has 0 spiro atoms. The van der Waals surface area contributed by atoms with Crippen molar-refractivity contribution in [2.24, 2.45) is 0 Å². The van der Waals surface area contributed by atoms with Gasteiger partial charge in [0.1, 0.15) is 29.6 Å². The normalized spacial score (nSPS) is 10.3. The second-order valence-corrected chi connectivity index (χ2v) is 4.81. The van der Waals surface area contributed by atoms with E-state index in [0.29, 0.717) is 17.3 Å². The number of ether oxygens (including phenoxy) is 1. The average Bonchev–Trinajstić information content (AvgIpc) is 3.20. The van der Waals surface area contributed by atoms with Crippen LogP contribution in [0.25, 0.3) is 5.88 Å². The number of furan rings is 1. The van der Waals surface area contributed by atoms with Crippen LogP contribution in [0.1, 0.15) is 27.4 Å². The van der Waals surface area contributed by atoms with E-state index in [2.05, 4.69) is 4.98 Å². The van der Waals surface area contributed by atoms with Crippen LogP contribution < -0.4 is 0 Å². The van der Waals surface area contributed by atoms with Gasteiger partial charge < -0.3 is 9.15 Å². The maximum atomic E-state index is 12.3. The Morgan fingerprint density at radius 2 is 2.13 bits per heavy atom. The molecule has 0 unspecified atom stereocenters. The summed E-state index contributed by atoms with van der Waals surface area (Å²) in [5, 5.41) is 9.40.